The van der Waals surface area contributed by atoms with Crippen LogP contribution in [0.4, 0.5) is 5.69 Å². The average molecular weight is 243 g/mol. The lowest BCUT2D eigenvalue weighted by molar-refractivity contribution is 0.102. The van der Waals surface area contributed by atoms with Crippen molar-refractivity contribution in [2.24, 2.45) is 0 Å². The second-order valence-electron chi connectivity index (χ2n) is 3.84. The van der Waals surface area contributed by atoms with Crippen molar-refractivity contribution in [3.8, 4) is 5.75 Å². The molecule has 0 atom stereocenters. The number of anilines is 1. The molecule has 0 aliphatic carbocycles. The third-order valence-electron chi connectivity index (χ3n) is 2.39. The Morgan fingerprint density at radius 2 is 2.22 bits per heavy atom. The van der Waals surface area contributed by atoms with Crippen LogP contribution in [0.1, 0.15) is 16.1 Å². The number of rotatable bonds is 4. The van der Waals surface area contributed by atoms with Crippen LogP contribution in [-0.2, 0) is 0 Å². The fraction of sp³-hybridized carbons (Fsp3) is 0.0714. The van der Waals surface area contributed by atoms with E-state index in [4.69, 9.17) is 4.42 Å². The average Bonchev–Trinajstić information content (AvgIpc) is 2.87. The van der Waals surface area contributed by atoms with E-state index in [1.165, 1.54) is 18.5 Å². The highest BCUT2D eigenvalue weighted by Crippen LogP contribution is 2.23. The van der Waals surface area contributed by atoms with Crippen LogP contribution in [0.15, 0.2) is 53.3 Å². The fourth-order valence-electron chi connectivity index (χ4n) is 1.47. The second-order valence-corrected chi connectivity index (χ2v) is 3.84. The van der Waals surface area contributed by atoms with E-state index in [0.29, 0.717) is 5.69 Å². The van der Waals surface area contributed by atoms with Gasteiger partial charge in [-0.05, 0) is 36.8 Å². The summed E-state index contributed by atoms with van der Waals surface area (Å²) in [7, 11) is 0. The molecule has 0 radical (unpaired) electrons. The first-order valence-electron chi connectivity index (χ1n) is 5.47. The first-order chi connectivity index (χ1) is 8.66. The summed E-state index contributed by atoms with van der Waals surface area (Å²) in [5.41, 5.74) is 1.57. The van der Waals surface area contributed by atoms with E-state index in [2.05, 4.69) is 5.32 Å². The fourth-order valence-corrected chi connectivity index (χ4v) is 1.47. The lowest BCUT2D eigenvalue weighted by Gasteiger charge is -2.04. The normalized spacial score (nSPS) is 10.7. The lowest BCUT2D eigenvalue weighted by Crippen LogP contribution is -1.94. The van der Waals surface area contributed by atoms with Gasteiger partial charge in [-0.15, -0.1) is 0 Å². The number of hydrogen-bond donors (Lipinski definition) is 2. The molecule has 0 unspecified atom stereocenters. The minimum atomic E-state index is -0.236. The molecule has 0 aliphatic heterocycles. The predicted octanol–water partition coefficient (Wildman–Crippen LogP) is 3.10. The summed E-state index contributed by atoms with van der Waals surface area (Å²) in [4.78, 5) is 11.6. The Morgan fingerprint density at radius 1 is 1.39 bits per heavy atom. The Kier molecular flexibility index (Phi) is 3.48. The van der Waals surface area contributed by atoms with Crippen molar-refractivity contribution in [2.45, 2.75) is 6.92 Å². The van der Waals surface area contributed by atoms with Crippen LogP contribution in [-0.4, -0.2) is 10.9 Å². The zero-order valence-electron chi connectivity index (χ0n) is 9.88. The van der Waals surface area contributed by atoms with E-state index in [1.807, 2.05) is 6.92 Å². The summed E-state index contributed by atoms with van der Waals surface area (Å²) >= 11 is 0. The molecule has 92 valence electrons. The highest BCUT2D eigenvalue weighted by molar-refractivity contribution is 6.02. The number of furan rings is 1. The number of ketones is 1. The second kappa shape index (κ2) is 5.23. The summed E-state index contributed by atoms with van der Waals surface area (Å²) in [5, 5.41) is 12.4. The molecule has 2 aromatic rings. The van der Waals surface area contributed by atoms with Crippen LogP contribution in [0.2, 0.25) is 0 Å². The third-order valence-corrected chi connectivity index (χ3v) is 2.39. The maximum Gasteiger partial charge on any atom is 0.222 e. The molecule has 0 amide bonds. The maximum atomic E-state index is 11.6. The molecule has 0 bridgehead atoms. The van der Waals surface area contributed by atoms with Gasteiger partial charge in [0, 0.05) is 12.3 Å². The number of aryl methyl sites for hydroxylation is 1. The number of carbonyl (C=O) groups is 1. The minimum absolute atomic E-state index is 0.135. The topological polar surface area (TPSA) is 62.5 Å². The van der Waals surface area contributed by atoms with E-state index in [-0.39, 0.29) is 17.3 Å². The smallest absolute Gasteiger partial charge is 0.222 e. The molecule has 0 saturated carbocycles. The van der Waals surface area contributed by atoms with E-state index in [9.17, 15) is 9.90 Å². The molecule has 1 heterocycles. The summed E-state index contributed by atoms with van der Waals surface area (Å²) < 4.78 is 4.96. The standard InChI is InChI=1S/C14H13NO3/c1-10-4-5-12(16)11(9-10)15-7-6-13(17)14-3-2-8-18-14/h2-9,15-16H,1H3/b7-6+. The number of benzene rings is 1. The summed E-state index contributed by atoms with van der Waals surface area (Å²) in [6, 6.07) is 8.44. The molecule has 0 spiro atoms. The van der Waals surface area contributed by atoms with Crippen molar-refractivity contribution >= 4 is 11.5 Å². The molecule has 18 heavy (non-hydrogen) atoms. The number of phenols is 1. The Morgan fingerprint density at radius 3 is 2.94 bits per heavy atom. The van der Waals surface area contributed by atoms with Gasteiger partial charge in [-0.1, -0.05) is 6.07 Å². The highest BCUT2D eigenvalue weighted by Gasteiger charge is 2.03. The first-order valence-corrected chi connectivity index (χ1v) is 5.47. The van der Waals surface area contributed by atoms with Crippen LogP contribution < -0.4 is 5.32 Å². The number of hydrogen-bond acceptors (Lipinski definition) is 4. The van der Waals surface area contributed by atoms with Gasteiger partial charge in [0.2, 0.25) is 5.78 Å². The van der Waals surface area contributed by atoms with Gasteiger partial charge < -0.3 is 14.8 Å². The van der Waals surface area contributed by atoms with E-state index in [0.717, 1.165) is 5.56 Å². The Hall–Kier alpha value is -2.49. The van der Waals surface area contributed by atoms with Crippen LogP contribution >= 0.6 is 0 Å². The monoisotopic (exact) mass is 243 g/mol. The molecular weight excluding hydrogens is 230 g/mol. The van der Waals surface area contributed by atoms with Gasteiger partial charge in [-0.2, -0.15) is 0 Å². The van der Waals surface area contributed by atoms with Crippen molar-refractivity contribution in [3.05, 3.63) is 60.2 Å². The van der Waals surface area contributed by atoms with Crippen molar-refractivity contribution in [1.29, 1.82) is 0 Å². The van der Waals surface area contributed by atoms with Crippen molar-refractivity contribution < 1.29 is 14.3 Å². The Labute approximate surface area is 105 Å². The number of allylic oxidation sites excluding steroid dienone is 1. The lowest BCUT2D eigenvalue weighted by atomic mass is 10.2. The quantitative estimate of drug-likeness (QED) is 0.492. The van der Waals surface area contributed by atoms with Crippen LogP contribution in [0.5, 0.6) is 5.75 Å². The highest BCUT2D eigenvalue weighted by atomic mass is 16.3. The maximum absolute atomic E-state index is 11.6. The largest absolute Gasteiger partial charge is 0.506 e. The minimum Gasteiger partial charge on any atom is -0.506 e. The van der Waals surface area contributed by atoms with E-state index < -0.39 is 0 Å². The zero-order chi connectivity index (χ0) is 13.0. The Bertz CT molecular complexity index is 571. The van der Waals surface area contributed by atoms with Gasteiger partial charge in [0.05, 0.1) is 12.0 Å². The van der Waals surface area contributed by atoms with Crippen molar-refractivity contribution in [2.75, 3.05) is 5.32 Å². The third kappa shape index (κ3) is 2.79. The van der Waals surface area contributed by atoms with Crippen LogP contribution in [0.25, 0.3) is 0 Å². The first kappa shape index (κ1) is 12.0. The molecule has 4 heteroatoms. The van der Waals surface area contributed by atoms with Gasteiger partial charge in [-0.25, -0.2) is 0 Å². The van der Waals surface area contributed by atoms with Gasteiger partial charge in [0.25, 0.3) is 0 Å². The Balaban J connectivity index is 2.03. The number of carbonyl (C=O) groups excluding carboxylic acids is 1. The van der Waals surface area contributed by atoms with Gasteiger partial charge in [-0.3, -0.25) is 4.79 Å². The molecular formula is C14H13NO3. The molecule has 2 N–H and O–H groups in total. The molecule has 0 aliphatic rings. The predicted molar refractivity (Wildman–Crippen MR) is 68.6 cm³/mol. The number of phenolic OH excluding ortho intramolecular Hbond substituents is 1. The molecule has 0 fully saturated rings. The number of aromatic hydroxyl groups is 1. The van der Waals surface area contributed by atoms with Gasteiger partial charge in [0.1, 0.15) is 5.75 Å². The van der Waals surface area contributed by atoms with Gasteiger partial charge in [0.15, 0.2) is 5.76 Å². The summed E-state index contributed by atoms with van der Waals surface area (Å²) in [5.74, 6) is 0.178. The molecule has 1 aromatic carbocycles. The zero-order valence-corrected chi connectivity index (χ0v) is 9.88. The van der Waals surface area contributed by atoms with Crippen molar-refractivity contribution in [3.63, 3.8) is 0 Å². The molecule has 1 aromatic heterocycles. The van der Waals surface area contributed by atoms with Crippen LogP contribution in [0.3, 0.4) is 0 Å². The number of nitrogens with one attached hydrogen (secondary N) is 1. The van der Waals surface area contributed by atoms with E-state index >= 15 is 0 Å². The molecule has 2 rings (SSSR count). The summed E-state index contributed by atoms with van der Waals surface area (Å²) in [6.45, 7) is 1.92. The van der Waals surface area contributed by atoms with Gasteiger partial charge >= 0.3 is 0 Å². The SMILES string of the molecule is Cc1ccc(O)c(N/C=C/C(=O)c2ccco2)c1. The van der Waals surface area contributed by atoms with Crippen LogP contribution in [0, 0.1) is 6.92 Å². The summed E-state index contributed by atoms with van der Waals surface area (Å²) in [6.07, 6.45) is 4.26. The van der Waals surface area contributed by atoms with Crippen molar-refractivity contribution in [1.82, 2.24) is 0 Å². The molecule has 0 saturated heterocycles. The van der Waals surface area contributed by atoms with E-state index in [1.54, 1.807) is 30.3 Å². The molecule has 4 nitrogen and oxygen atoms in total.